The molecular weight excluding hydrogens is 432 g/mol. The van der Waals surface area contributed by atoms with Crippen molar-refractivity contribution in [3.63, 3.8) is 0 Å². The summed E-state index contributed by atoms with van der Waals surface area (Å²) in [6, 6.07) is 9.48. The molecule has 0 unspecified atom stereocenters. The maximum absolute atomic E-state index is 12.7. The number of rotatable bonds is 4. The Labute approximate surface area is 168 Å². The zero-order chi connectivity index (χ0) is 18.1. The molecule has 1 aliphatic rings. The van der Waals surface area contributed by atoms with Crippen LogP contribution in [0.25, 0.3) is 10.2 Å². The van der Waals surface area contributed by atoms with Crippen LogP contribution in [0.4, 0.5) is 11.5 Å². The quantitative estimate of drug-likeness (QED) is 0.447. The smallest absolute Gasteiger partial charge is 0.265 e. The van der Waals surface area contributed by atoms with Crippen molar-refractivity contribution < 1.29 is 4.79 Å². The summed E-state index contributed by atoms with van der Waals surface area (Å²) in [5, 5.41) is 4.67. The highest BCUT2D eigenvalue weighted by Gasteiger charge is 2.21. The maximum Gasteiger partial charge on any atom is 0.265 e. The van der Waals surface area contributed by atoms with Gasteiger partial charge in [-0.25, -0.2) is 9.97 Å². The predicted molar refractivity (Wildman–Crippen MR) is 113 cm³/mol. The van der Waals surface area contributed by atoms with Crippen LogP contribution in [0.1, 0.15) is 22.5 Å². The highest BCUT2D eigenvalue weighted by molar-refractivity contribution is 9.10. The molecule has 0 atom stereocenters. The average molecular weight is 449 g/mol. The molecule has 4 rings (SSSR count). The van der Waals surface area contributed by atoms with Crippen LogP contribution >= 0.6 is 39.0 Å². The third-order valence-corrected chi connectivity index (χ3v) is 6.37. The molecule has 5 nitrogen and oxygen atoms in total. The molecule has 26 heavy (non-hydrogen) atoms. The van der Waals surface area contributed by atoms with E-state index in [-0.39, 0.29) is 5.91 Å². The molecule has 1 N–H and O–H groups in total. The minimum Gasteiger partial charge on any atom is -0.356 e. The Morgan fingerprint density at radius 2 is 1.96 bits per heavy atom. The second-order valence-corrected chi connectivity index (χ2v) is 8.74. The van der Waals surface area contributed by atoms with Gasteiger partial charge in [0.25, 0.3) is 5.91 Å². The van der Waals surface area contributed by atoms with Crippen LogP contribution in [0.3, 0.4) is 0 Å². The molecule has 1 aromatic carbocycles. The standard InChI is InChI=1S/C18H17BrN4OS2/c1-25-18-21-15(23-8-2-3-9-23)13-10-14(26-17(13)22-18)16(24)20-12-6-4-11(19)5-7-12/h4-7,10H,2-3,8-9H2,1H3,(H,20,24). The molecule has 2 aromatic heterocycles. The molecule has 0 spiro atoms. The average Bonchev–Trinajstić information content (AvgIpc) is 3.32. The molecule has 3 heterocycles. The number of benzene rings is 1. The fourth-order valence-corrected chi connectivity index (χ4v) is 4.59. The van der Waals surface area contributed by atoms with Crippen molar-refractivity contribution in [2.75, 3.05) is 29.6 Å². The molecule has 0 radical (unpaired) electrons. The number of anilines is 2. The summed E-state index contributed by atoms with van der Waals surface area (Å²) in [5.74, 6) is 0.837. The fraction of sp³-hybridized carbons (Fsp3) is 0.278. The van der Waals surface area contributed by atoms with Crippen LogP contribution in [-0.2, 0) is 0 Å². The molecule has 3 aromatic rings. The Morgan fingerprint density at radius 1 is 1.23 bits per heavy atom. The number of thioether (sulfide) groups is 1. The van der Waals surface area contributed by atoms with E-state index in [9.17, 15) is 4.79 Å². The van der Waals surface area contributed by atoms with Gasteiger partial charge in [-0.1, -0.05) is 27.7 Å². The van der Waals surface area contributed by atoms with E-state index in [1.807, 2.05) is 36.6 Å². The largest absolute Gasteiger partial charge is 0.356 e. The van der Waals surface area contributed by atoms with E-state index in [0.29, 0.717) is 4.88 Å². The van der Waals surface area contributed by atoms with Crippen molar-refractivity contribution in [3.8, 4) is 0 Å². The Balaban J connectivity index is 1.68. The van der Waals surface area contributed by atoms with Gasteiger partial charge < -0.3 is 10.2 Å². The van der Waals surface area contributed by atoms with Gasteiger partial charge in [-0.15, -0.1) is 11.3 Å². The highest BCUT2D eigenvalue weighted by Crippen LogP contribution is 2.34. The summed E-state index contributed by atoms with van der Waals surface area (Å²) >= 11 is 6.35. The van der Waals surface area contributed by atoms with E-state index in [0.717, 1.165) is 44.4 Å². The molecule has 1 aliphatic heterocycles. The SMILES string of the molecule is CSc1nc(N2CCCC2)c2cc(C(=O)Nc3ccc(Br)cc3)sc2n1. The summed E-state index contributed by atoms with van der Waals surface area (Å²) in [7, 11) is 0. The van der Waals surface area contributed by atoms with Crippen LogP contribution in [-0.4, -0.2) is 35.2 Å². The van der Waals surface area contributed by atoms with Crippen molar-refractivity contribution in [2.24, 2.45) is 0 Å². The Hall–Kier alpha value is -1.64. The third-order valence-electron chi connectivity index (χ3n) is 4.27. The van der Waals surface area contributed by atoms with E-state index < -0.39 is 0 Å². The fourth-order valence-electron chi connectivity index (χ4n) is 2.99. The minimum atomic E-state index is -0.117. The zero-order valence-corrected chi connectivity index (χ0v) is 17.4. The molecule has 134 valence electrons. The van der Waals surface area contributed by atoms with Gasteiger partial charge in [-0.3, -0.25) is 4.79 Å². The number of thiophene rings is 1. The number of hydrogen-bond acceptors (Lipinski definition) is 6. The first-order valence-electron chi connectivity index (χ1n) is 8.31. The molecule has 1 amide bonds. The minimum absolute atomic E-state index is 0.117. The van der Waals surface area contributed by atoms with Crippen molar-refractivity contribution in [2.45, 2.75) is 18.0 Å². The first kappa shape index (κ1) is 17.8. The Bertz CT molecular complexity index is 952. The number of hydrogen-bond donors (Lipinski definition) is 1. The molecule has 0 aliphatic carbocycles. The molecule has 1 fully saturated rings. The van der Waals surface area contributed by atoms with Crippen LogP contribution in [0.15, 0.2) is 40.0 Å². The number of amides is 1. The van der Waals surface area contributed by atoms with Crippen LogP contribution < -0.4 is 10.2 Å². The maximum atomic E-state index is 12.7. The van der Waals surface area contributed by atoms with Gasteiger partial charge in [0, 0.05) is 23.2 Å². The lowest BCUT2D eigenvalue weighted by Crippen LogP contribution is -2.19. The number of fused-ring (bicyclic) bond motifs is 1. The second-order valence-electron chi connectivity index (χ2n) is 6.02. The lowest BCUT2D eigenvalue weighted by atomic mass is 10.3. The lowest BCUT2D eigenvalue weighted by molar-refractivity contribution is 0.103. The molecule has 0 saturated carbocycles. The van der Waals surface area contributed by atoms with Crippen molar-refractivity contribution >= 4 is 66.7 Å². The predicted octanol–water partition coefficient (Wildman–Crippen LogP) is 5.03. The van der Waals surface area contributed by atoms with Gasteiger partial charge >= 0.3 is 0 Å². The summed E-state index contributed by atoms with van der Waals surface area (Å²) in [6.45, 7) is 2.02. The Morgan fingerprint density at radius 3 is 2.65 bits per heavy atom. The van der Waals surface area contributed by atoms with Gasteiger partial charge in [-0.05, 0) is 49.4 Å². The molecule has 1 saturated heterocycles. The number of halogens is 1. The van der Waals surface area contributed by atoms with Gasteiger partial charge in [-0.2, -0.15) is 0 Å². The van der Waals surface area contributed by atoms with Crippen LogP contribution in [0.5, 0.6) is 0 Å². The molecular formula is C18H17BrN4OS2. The number of aromatic nitrogens is 2. The van der Waals surface area contributed by atoms with E-state index in [4.69, 9.17) is 4.98 Å². The van der Waals surface area contributed by atoms with Crippen LogP contribution in [0.2, 0.25) is 0 Å². The number of carbonyl (C=O) groups is 1. The van der Waals surface area contributed by atoms with E-state index in [1.165, 1.54) is 35.9 Å². The van der Waals surface area contributed by atoms with E-state index >= 15 is 0 Å². The topological polar surface area (TPSA) is 58.1 Å². The van der Waals surface area contributed by atoms with Gasteiger partial charge in [0.2, 0.25) is 0 Å². The van der Waals surface area contributed by atoms with E-state index in [1.54, 1.807) is 0 Å². The number of nitrogens with zero attached hydrogens (tertiary/aromatic N) is 3. The summed E-state index contributed by atoms with van der Waals surface area (Å²) in [5.41, 5.74) is 0.770. The number of nitrogens with one attached hydrogen (secondary N) is 1. The summed E-state index contributed by atoms with van der Waals surface area (Å²) in [6.07, 6.45) is 4.34. The van der Waals surface area contributed by atoms with Crippen molar-refractivity contribution in [1.82, 2.24) is 9.97 Å². The monoisotopic (exact) mass is 448 g/mol. The summed E-state index contributed by atoms with van der Waals surface area (Å²) in [4.78, 5) is 25.8. The van der Waals surface area contributed by atoms with Gasteiger partial charge in [0.15, 0.2) is 5.16 Å². The summed E-state index contributed by atoms with van der Waals surface area (Å²) < 4.78 is 0.979. The second kappa shape index (κ2) is 7.54. The van der Waals surface area contributed by atoms with Gasteiger partial charge in [0.05, 0.1) is 10.3 Å². The van der Waals surface area contributed by atoms with Gasteiger partial charge in [0.1, 0.15) is 10.6 Å². The van der Waals surface area contributed by atoms with Crippen LogP contribution in [0, 0.1) is 0 Å². The highest BCUT2D eigenvalue weighted by atomic mass is 79.9. The first-order chi connectivity index (χ1) is 12.6. The van der Waals surface area contributed by atoms with E-state index in [2.05, 4.69) is 31.1 Å². The number of carbonyl (C=O) groups excluding carboxylic acids is 1. The normalized spacial score (nSPS) is 14.2. The molecule has 8 heteroatoms. The molecule has 0 bridgehead atoms. The lowest BCUT2D eigenvalue weighted by Gasteiger charge is -2.17. The zero-order valence-electron chi connectivity index (χ0n) is 14.2. The first-order valence-corrected chi connectivity index (χ1v) is 11.1. The van der Waals surface area contributed by atoms with Crippen molar-refractivity contribution in [1.29, 1.82) is 0 Å². The van der Waals surface area contributed by atoms with Crippen molar-refractivity contribution in [3.05, 3.63) is 39.7 Å². The third kappa shape index (κ3) is 3.58. The Kier molecular flexibility index (Phi) is 5.15.